The summed E-state index contributed by atoms with van der Waals surface area (Å²) >= 11 is 5.78. The summed E-state index contributed by atoms with van der Waals surface area (Å²) < 4.78 is 31.7. The van der Waals surface area contributed by atoms with Gasteiger partial charge in [-0.3, -0.25) is 5.32 Å². The van der Waals surface area contributed by atoms with E-state index >= 15 is 0 Å². The Labute approximate surface area is 115 Å². The van der Waals surface area contributed by atoms with Crippen LogP contribution in [0.2, 0.25) is 5.02 Å². The molecule has 0 bridgehead atoms. The van der Waals surface area contributed by atoms with Crippen LogP contribution < -0.4 is 10.6 Å². The Kier molecular flexibility index (Phi) is 4.57. The standard InChI is InChI=1S/C12H15ClF2N2O2/c1-12(2,3)19-11(18)17-9-6(13)5-7(14)8(15)10(9)16-4/h5,16H,1-4H3,(H,17,18). The van der Waals surface area contributed by atoms with Gasteiger partial charge in [0.1, 0.15) is 5.60 Å². The third kappa shape index (κ3) is 3.96. The van der Waals surface area contributed by atoms with E-state index in [9.17, 15) is 13.6 Å². The molecule has 1 rings (SSSR count). The first kappa shape index (κ1) is 15.5. The molecule has 1 aromatic carbocycles. The van der Waals surface area contributed by atoms with Crippen molar-refractivity contribution in [2.45, 2.75) is 26.4 Å². The molecule has 1 amide bonds. The van der Waals surface area contributed by atoms with E-state index in [1.807, 2.05) is 0 Å². The van der Waals surface area contributed by atoms with Crippen molar-refractivity contribution in [3.63, 3.8) is 0 Å². The van der Waals surface area contributed by atoms with Gasteiger partial charge in [0.15, 0.2) is 11.6 Å². The molecule has 2 N–H and O–H groups in total. The Morgan fingerprint density at radius 3 is 2.37 bits per heavy atom. The topological polar surface area (TPSA) is 50.4 Å². The van der Waals surface area contributed by atoms with Gasteiger partial charge in [-0.25, -0.2) is 13.6 Å². The van der Waals surface area contributed by atoms with E-state index in [-0.39, 0.29) is 16.4 Å². The zero-order valence-electron chi connectivity index (χ0n) is 11.0. The average molecular weight is 293 g/mol. The summed E-state index contributed by atoms with van der Waals surface area (Å²) in [5, 5.41) is 4.61. The van der Waals surface area contributed by atoms with Gasteiger partial charge in [-0.2, -0.15) is 0 Å². The molecule has 0 saturated heterocycles. The Hall–Kier alpha value is -1.56. The highest BCUT2D eigenvalue weighted by Gasteiger charge is 2.21. The zero-order valence-corrected chi connectivity index (χ0v) is 11.8. The Morgan fingerprint density at radius 1 is 1.32 bits per heavy atom. The maximum atomic E-state index is 13.5. The molecule has 0 spiro atoms. The van der Waals surface area contributed by atoms with Crippen LogP contribution in [0, 0.1) is 11.6 Å². The Bertz CT molecular complexity index is 501. The van der Waals surface area contributed by atoms with Crippen molar-refractivity contribution in [3.8, 4) is 0 Å². The second-order valence-corrected chi connectivity index (χ2v) is 5.19. The van der Waals surface area contributed by atoms with Gasteiger partial charge in [0.05, 0.1) is 16.4 Å². The van der Waals surface area contributed by atoms with Crippen LogP contribution in [-0.2, 0) is 4.74 Å². The van der Waals surface area contributed by atoms with Crippen LogP contribution in [-0.4, -0.2) is 18.7 Å². The third-order valence-corrected chi connectivity index (χ3v) is 2.35. The number of rotatable bonds is 2. The average Bonchev–Trinajstić information content (AvgIpc) is 2.23. The first-order chi connectivity index (χ1) is 8.65. The maximum absolute atomic E-state index is 13.5. The predicted molar refractivity (Wildman–Crippen MR) is 70.8 cm³/mol. The first-order valence-corrected chi connectivity index (χ1v) is 5.88. The van der Waals surface area contributed by atoms with Crippen LogP contribution in [0.15, 0.2) is 6.07 Å². The molecular weight excluding hydrogens is 278 g/mol. The van der Waals surface area contributed by atoms with Gasteiger partial charge in [-0.15, -0.1) is 0 Å². The number of hydrogen-bond donors (Lipinski definition) is 2. The molecule has 0 unspecified atom stereocenters. The lowest BCUT2D eigenvalue weighted by Gasteiger charge is -2.21. The monoisotopic (exact) mass is 292 g/mol. The molecule has 1 aromatic rings. The minimum atomic E-state index is -1.13. The van der Waals surface area contributed by atoms with Gasteiger partial charge < -0.3 is 10.1 Å². The Morgan fingerprint density at radius 2 is 1.89 bits per heavy atom. The van der Waals surface area contributed by atoms with Gasteiger partial charge in [-0.05, 0) is 26.8 Å². The van der Waals surface area contributed by atoms with Gasteiger partial charge >= 0.3 is 6.09 Å². The number of benzene rings is 1. The van der Waals surface area contributed by atoms with Gasteiger partial charge in [0.2, 0.25) is 0 Å². The molecule has 0 radical (unpaired) electrons. The smallest absolute Gasteiger partial charge is 0.412 e. The minimum Gasteiger partial charge on any atom is -0.444 e. The fraction of sp³-hybridized carbons (Fsp3) is 0.417. The highest BCUT2D eigenvalue weighted by Crippen LogP contribution is 2.34. The molecular formula is C12H15ClF2N2O2. The lowest BCUT2D eigenvalue weighted by molar-refractivity contribution is 0.0636. The molecule has 0 fully saturated rings. The lowest BCUT2D eigenvalue weighted by Crippen LogP contribution is -2.27. The molecule has 19 heavy (non-hydrogen) atoms. The molecule has 0 aliphatic heterocycles. The summed E-state index contributed by atoms with van der Waals surface area (Å²) in [6.45, 7) is 5.04. The summed E-state index contributed by atoms with van der Waals surface area (Å²) in [6.07, 6.45) is -0.808. The molecule has 0 aliphatic carbocycles. The van der Waals surface area contributed by atoms with Crippen LogP contribution in [0.3, 0.4) is 0 Å². The van der Waals surface area contributed by atoms with E-state index in [1.54, 1.807) is 20.8 Å². The van der Waals surface area contributed by atoms with Crippen molar-refractivity contribution in [3.05, 3.63) is 22.7 Å². The van der Waals surface area contributed by atoms with E-state index < -0.39 is 23.3 Å². The summed E-state index contributed by atoms with van der Waals surface area (Å²) in [4.78, 5) is 11.6. The zero-order chi connectivity index (χ0) is 14.8. The molecule has 106 valence electrons. The highest BCUT2D eigenvalue weighted by atomic mass is 35.5. The summed E-state index contributed by atoms with van der Waals surface area (Å²) in [6, 6.07) is 0.782. The van der Waals surface area contributed by atoms with Crippen LogP contribution in [0.5, 0.6) is 0 Å². The molecule has 0 heterocycles. The molecule has 0 atom stereocenters. The lowest BCUT2D eigenvalue weighted by atomic mass is 10.2. The van der Waals surface area contributed by atoms with E-state index in [0.29, 0.717) is 0 Å². The molecule has 0 aliphatic rings. The molecule has 0 aromatic heterocycles. The molecule has 4 nitrogen and oxygen atoms in total. The second kappa shape index (κ2) is 5.61. The number of ether oxygens (including phenoxy) is 1. The normalized spacial score (nSPS) is 11.1. The largest absolute Gasteiger partial charge is 0.444 e. The number of carbonyl (C=O) groups is 1. The maximum Gasteiger partial charge on any atom is 0.412 e. The number of anilines is 2. The number of carbonyl (C=O) groups excluding carboxylic acids is 1. The van der Waals surface area contributed by atoms with Gasteiger partial charge in [0.25, 0.3) is 0 Å². The summed E-state index contributed by atoms with van der Waals surface area (Å²) in [5.41, 5.74) is -1.03. The number of amides is 1. The van der Waals surface area contributed by atoms with Crippen molar-refractivity contribution in [1.29, 1.82) is 0 Å². The fourth-order valence-electron chi connectivity index (χ4n) is 1.36. The van der Waals surface area contributed by atoms with E-state index in [1.165, 1.54) is 7.05 Å². The van der Waals surface area contributed by atoms with Crippen LogP contribution >= 0.6 is 11.6 Å². The molecule has 7 heteroatoms. The van der Waals surface area contributed by atoms with Gasteiger partial charge in [0, 0.05) is 7.05 Å². The number of halogens is 3. The first-order valence-electron chi connectivity index (χ1n) is 5.51. The van der Waals surface area contributed by atoms with Crippen molar-refractivity contribution in [2.24, 2.45) is 0 Å². The fourth-order valence-corrected chi connectivity index (χ4v) is 1.60. The summed E-state index contributed by atoms with van der Waals surface area (Å²) in [7, 11) is 1.38. The molecule has 0 saturated carbocycles. The van der Waals surface area contributed by atoms with Crippen molar-refractivity contribution < 1.29 is 18.3 Å². The SMILES string of the molecule is CNc1c(F)c(F)cc(Cl)c1NC(=O)OC(C)(C)C. The quantitative estimate of drug-likeness (QED) is 0.810. The predicted octanol–water partition coefficient (Wildman–Crippen LogP) is 4.01. The van der Waals surface area contributed by atoms with Crippen molar-refractivity contribution in [2.75, 3.05) is 17.7 Å². The van der Waals surface area contributed by atoms with Crippen LogP contribution in [0.25, 0.3) is 0 Å². The second-order valence-electron chi connectivity index (χ2n) is 4.78. The van der Waals surface area contributed by atoms with Crippen LogP contribution in [0.4, 0.5) is 25.0 Å². The van der Waals surface area contributed by atoms with Crippen LogP contribution in [0.1, 0.15) is 20.8 Å². The number of nitrogens with one attached hydrogen (secondary N) is 2. The number of hydrogen-bond acceptors (Lipinski definition) is 3. The van der Waals surface area contributed by atoms with Gasteiger partial charge in [-0.1, -0.05) is 11.6 Å². The van der Waals surface area contributed by atoms with E-state index in [0.717, 1.165) is 6.07 Å². The van der Waals surface area contributed by atoms with E-state index in [4.69, 9.17) is 16.3 Å². The van der Waals surface area contributed by atoms with Crippen molar-refractivity contribution >= 4 is 29.1 Å². The van der Waals surface area contributed by atoms with Crippen molar-refractivity contribution in [1.82, 2.24) is 0 Å². The third-order valence-electron chi connectivity index (χ3n) is 2.05. The minimum absolute atomic E-state index is 0.0719. The van der Waals surface area contributed by atoms with E-state index in [2.05, 4.69) is 10.6 Å². The highest BCUT2D eigenvalue weighted by molar-refractivity contribution is 6.34. The summed E-state index contributed by atoms with van der Waals surface area (Å²) in [5.74, 6) is -2.23. The Balaban J connectivity index is 3.08.